The second-order valence-electron chi connectivity index (χ2n) is 5.32. The number of methoxy groups -OCH3 is 1. The van der Waals surface area contributed by atoms with Gasteiger partial charge in [0.2, 0.25) is 0 Å². The predicted octanol–water partition coefficient (Wildman–Crippen LogP) is 2.97. The van der Waals surface area contributed by atoms with E-state index in [0.717, 1.165) is 18.4 Å². The quantitative estimate of drug-likeness (QED) is 0.901. The first-order chi connectivity index (χ1) is 9.99. The van der Waals surface area contributed by atoms with Gasteiger partial charge in [-0.3, -0.25) is 0 Å². The van der Waals surface area contributed by atoms with Gasteiger partial charge in [0.15, 0.2) is 9.84 Å². The Bertz CT molecular complexity index is 589. The molecule has 2 unspecified atom stereocenters. The third-order valence-electron chi connectivity index (χ3n) is 3.97. The summed E-state index contributed by atoms with van der Waals surface area (Å²) in [6.07, 6.45) is 2.38. The highest BCUT2D eigenvalue weighted by Gasteiger charge is 2.36. The minimum atomic E-state index is -3.08. The maximum Gasteiger partial charge on any atom is 0.155 e. The van der Waals surface area contributed by atoms with Gasteiger partial charge in [0.05, 0.1) is 24.2 Å². The molecular weight excluding hydrogens is 310 g/mol. The lowest BCUT2D eigenvalue weighted by Gasteiger charge is -2.31. The van der Waals surface area contributed by atoms with E-state index in [0.29, 0.717) is 23.7 Å². The Morgan fingerprint density at radius 2 is 2.19 bits per heavy atom. The van der Waals surface area contributed by atoms with Gasteiger partial charge >= 0.3 is 0 Å². The minimum Gasteiger partial charge on any atom is -0.497 e. The molecule has 1 aromatic rings. The van der Waals surface area contributed by atoms with Gasteiger partial charge < -0.3 is 10.1 Å². The van der Waals surface area contributed by atoms with E-state index in [1.807, 2.05) is 19.1 Å². The molecule has 21 heavy (non-hydrogen) atoms. The molecule has 0 spiro atoms. The van der Waals surface area contributed by atoms with Crippen molar-refractivity contribution >= 4 is 21.4 Å². The summed E-state index contributed by atoms with van der Waals surface area (Å²) in [7, 11) is -1.50. The first kappa shape index (κ1) is 16.6. The van der Waals surface area contributed by atoms with Gasteiger partial charge in [-0.2, -0.15) is 0 Å². The van der Waals surface area contributed by atoms with Crippen LogP contribution in [0.15, 0.2) is 18.2 Å². The van der Waals surface area contributed by atoms with Gasteiger partial charge in [-0.1, -0.05) is 31.0 Å². The van der Waals surface area contributed by atoms with Gasteiger partial charge in [0.1, 0.15) is 5.75 Å². The summed E-state index contributed by atoms with van der Waals surface area (Å²) in [6, 6.07) is 5.15. The molecule has 0 radical (unpaired) electrons. The first-order valence-corrected chi connectivity index (χ1v) is 9.37. The molecule has 118 valence electrons. The van der Waals surface area contributed by atoms with Crippen LogP contribution in [0.1, 0.15) is 37.8 Å². The molecule has 4 nitrogen and oxygen atoms in total. The molecule has 0 aromatic heterocycles. The molecule has 0 aliphatic carbocycles. The van der Waals surface area contributed by atoms with Crippen LogP contribution in [0.2, 0.25) is 5.02 Å². The van der Waals surface area contributed by atoms with Crippen molar-refractivity contribution < 1.29 is 13.2 Å². The van der Waals surface area contributed by atoms with E-state index < -0.39 is 15.1 Å². The highest BCUT2D eigenvalue weighted by molar-refractivity contribution is 7.92. The normalized spacial score (nSPS) is 22.7. The van der Waals surface area contributed by atoms with Gasteiger partial charge in [-0.25, -0.2) is 8.42 Å². The van der Waals surface area contributed by atoms with Crippen LogP contribution in [-0.2, 0) is 9.84 Å². The van der Waals surface area contributed by atoms with Crippen molar-refractivity contribution in [2.45, 2.75) is 37.5 Å². The topological polar surface area (TPSA) is 55.4 Å². The molecule has 1 N–H and O–H groups in total. The Morgan fingerprint density at radius 1 is 1.43 bits per heavy atom. The maximum absolute atomic E-state index is 12.4. The van der Waals surface area contributed by atoms with Crippen LogP contribution in [0.25, 0.3) is 0 Å². The summed E-state index contributed by atoms with van der Waals surface area (Å²) in [4.78, 5) is 0. The van der Waals surface area contributed by atoms with Crippen LogP contribution in [0.3, 0.4) is 0 Å². The fourth-order valence-corrected chi connectivity index (χ4v) is 5.28. The Kier molecular flexibility index (Phi) is 5.52. The predicted molar refractivity (Wildman–Crippen MR) is 85.8 cm³/mol. The summed E-state index contributed by atoms with van der Waals surface area (Å²) in [5.74, 6) is 0.943. The number of hydrogen-bond donors (Lipinski definition) is 1. The molecule has 0 saturated carbocycles. The number of ether oxygens (including phenoxy) is 1. The second kappa shape index (κ2) is 6.99. The van der Waals surface area contributed by atoms with Crippen LogP contribution in [0.5, 0.6) is 5.75 Å². The fraction of sp³-hybridized carbons (Fsp3) is 0.600. The molecule has 2 atom stereocenters. The van der Waals surface area contributed by atoms with E-state index in [9.17, 15) is 8.42 Å². The third-order valence-corrected chi connectivity index (χ3v) is 6.58. The monoisotopic (exact) mass is 331 g/mol. The number of hydrogen-bond acceptors (Lipinski definition) is 4. The Labute approximate surface area is 131 Å². The van der Waals surface area contributed by atoms with Crippen LogP contribution in [0.4, 0.5) is 0 Å². The zero-order valence-electron chi connectivity index (χ0n) is 12.4. The van der Waals surface area contributed by atoms with E-state index in [1.165, 1.54) is 0 Å². The van der Waals surface area contributed by atoms with Crippen LogP contribution < -0.4 is 10.1 Å². The molecule has 0 amide bonds. The second-order valence-corrected chi connectivity index (χ2v) is 8.07. The molecule has 2 rings (SSSR count). The average Bonchev–Trinajstić information content (AvgIpc) is 2.45. The van der Waals surface area contributed by atoms with Crippen molar-refractivity contribution in [2.75, 3.05) is 19.4 Å². The van der Waals surface area contributed by atoms with Gasteiger partial charge in [-0.05, 0) is 37.1 Å². The Morgan fingerprint density at radius 3 is 2.76 bits per heavy atom. The molecule has 1 aliphatic heterocycles. The molecule has 1 aromatic carbocycles. The fourth-order valence-electron chi connectivity index (χ4n) is 2.90. The first-order valence-electron chi connectivity index (χ1n) is 7.28. The molecular formula is C15H22ClNO3S. The van der Waals surface area contributed by atoms with Gasteiger partial charge in [-0.15, -0.1) is 0 Å². The number of halogens is 1. The van der Waals surface area contributed by atoms with Crippen LogP contribution in [-0.4, -0.2) is 33.1 Å². The van der Waals surface area contributed by atoms with Crippen LogP contribution >= 0.6 is 11.6 Å². The smallest absolute Gasteiger partial charge is 0.155 e. The zero-order valence-corrected chi connectivity index (χ0v) is 14.0. The summed E-state index contributed by atoms with van der Waals surface area (Å²) < 4.78 is 29.9. The van der Waals surface area contributed by atoms with E-state index >= 15 is 0 Å². The highest BCUT2D eigenvalue weighted by atomic mass is 35.5. The summed E-state index contributed by atoms with van der Waals surface area (Å²) in [6.45, 7) is 2.67. The summed E-state index contributed by atoms with van der Waals surface area (Å²) >= 11 is 6.34. The van der Waals surface area contributed by atoms with E-state index in [4.69, 9.17) is 16.3 Å². The third kappa shape index (κ3) is 3.71. The van der Waals surface area contributed by atoms with Crippen molar-refractivity contribution in [3.05, 3.63) is 28.8 Å². The summed E-state index contributed by atoms with van der Waals surface area (Å²) in [5.41, 5.74) is 0.829. The molecule has 1 aliphatic rings. The van der Waals surface area contributed by atoms with Crippen molar-refractivity contribution in [3.8, 4) is 5.75 Å². The Balaban J connectivity index is 2.38. The molecule has 0 bridgehead atoms. The molecule has 1 fully saturated rings. The largest absolute Gasteiger partial charge is 0.497 e. The molecule has 6 heteroatoms. The van der Waals surface area contributed by atoms with Crippen molar-refractivity contribution in [1.82, 2.24) is 5.32 Å². The standard InChI is InChI=1S/C15H22ClNO3S/c1-3-17-15(14-6-4-5-9-21(14,18)19)12-8-7-11(20-2)10-13(12)16/h7-8,10,14-15,17H,3-6,9H2,1-2H3. The van der Waals surface area contributed by atoms with E-state index in [1.54, 1.807) is 13.2 Å². The zero-order chi connectivity index (χ0) is 15.5. The van der Waals surface area contributed by atoms with Crippen LogP contribution in [0, 0.1) is 0 Å². The van der Waals surface area contributed by atoms with Crippen molar-refractivity contribution in [3.63, 3.8) is 0 Å². The highest BCUT2D eigenvalue weighted by Crippen LogP contribution is 2.35. The van der Waals surface area contributed by atoms with E-state index in [2.05, 4.69) is 5.32 Å². The van der Waals surface area contributed by atoms with Crippen molar-refractivity contribution in [1.29, 1.82) is 0 Å². The van der Waals surface area contributed by atoms with Gasteiger partial charge in [0, 0.05) is 5.02 Å². The maximum atomic E-state index is 12.4. The Hall–Kier alpha value is -0.780. The molecule has 1 heterocycles. The average molecular weight is 332 g/mol. The number of nitrogens with one attached hydrogen (secondary N) is 1. The lowest BCUT2D eigenvalue weighted by molar-refractivity contribution is 0.413. The SMILES string of the molecule is CCNC(c1ccc(OC)cc1Cl)C1CCCCS1(=O)=O. The van der Waals surface area contributed by atoms with E-state index in [-0.39, 0.29) is 11.8 Å². The number of benzene rings is 1. The number of rotatable bonds is 5. The lowest BCUT2D eigenvalue weighted by atomic mass is 9.99. The minimum absolute atomic E-state index is 0.265. The summed E-state index contributed by atoms with van der Waals surface area (Å²) in [5, 5.41) is 3.44. The number of sulfone groups is 1. The lowest BCUT2D eigenvalue weighted by Crippen LogP contribution is -2.40. The molecule has 1 saturated heterocycles. The van der Waals surface area contributed by atoms with Crippen molar-refractivity contribution in [2.24, 2.45) is 0 Å². The van der Waals surface area contributed by atoms with Gasteiger partial charge in [0.25, 0.3) is 0 Å².